The zero-order valence-corrected chi connectivity index (χ0v) is 20.6. The summed E-state index contributed by atoms with van der Waals surface area (Å²) in [6.07, 6.45) is 2.53. The SMILES string of the molecule is CCOc1cc([C@H]2c3c(oc4ccccc4c3=O)C(=O)N2c2ccccn2)ccc1OCCC(C)C. The third kappa shape index (κ3) is 4.21. The van der Waals surface area contributed by atoms with Crippen LogP contribution in [0.2, 0.25) is 0 Å². The van der Waals surface area contributed by atoms with Gasteiger partial charge >= 0.3 is 0 Å². The summed E-state index contributed by atoms with van der Waals surface area (Å²) in [6.45, 7) is 7.20. The van der Waals surface area contributed by atoms with Gasteiger partial charge in [0.15, 0.2) is 16.9 Å². The second-order valence-electron chi connectivity index (χ2n) is 9.11. The zero-order valence-electron chi connectivity index (χ0n) is 20.6. The summed E-state index contributed by atoms with van der Waals surface area (Å²) >= 11 is 0. The van der Waals surface area contributed by atoms with Crippen LogP contribution in [-0.4, -0.2) is 24.1 Å². The standard InChI is InChI=1S/C29H28N2O5/c1-4-34-23-17-19(12-13-22(23)35-16-14-18(2)3)26-25-27(32)20-9-5-6-10-21(20)36-28(25)29(33)31(26)24-11-7-8-15-30-24/h5-13,15,17-18,26H,4,14,16H2,1-3H3/t26-/m0/s1. The quantitative estimate of drug-likeness (QED) is 0.316. The van der Waals surface area contributed by atoms with Gasteiger partial charge in [0.25, 0.3) is 5.91 Å². The molecule has 2 aromatic heterocycles. The molecule has 36 heavy (non-hydrogen) atoms. The fourth-order valence-electron chi connectivity index (χ4n) is 4.45. The molecule has 1 aliphatic heterocycles. The maximum Gasteiger partial charge on any atom is 0.296 e. The van der Waals surface area contributed by atoms with E-state index in [1.54, 1.807) is 48.7 Å². The van der Waals surface area contributed by atoms with E-state index in [1.807, 2.05) is 25.1 Å². The van der Waals surface area contributed by atoms with E-state index in [9.17, 15) is 9.59 Å². The number of anilines is 1. The monoisotopic (exact) mass is 484 g/mol. The van der Waals surface area contributed by atoms with Gasteiger partial charge in [-0.15, -0.1) is 0 Å². The van der Waals surface area contributed by atoms with Gasteiger partial charge in [-0.3, -0.25) is 14.5 Å². The van der Waals surface area contributed by atoms with E-state index in [-0.39, 0.29) is 11.2 Å². The molecule has 0 bridgehead atoms. The molecule has 0 saturated carbocycles. The molecule has 0 N–H and O–H groups in total. The topological polar surface area (TPSA) is 81.9 Å². The van der Waals surface area contributed by atoms with Crippen LogP contribution < -0.4 is 19.8 Å². The van der Waals surface area contributed by atoms with Gasteiger partial charge in [-0.25, -0.2) is 4.98 Å². The lowest BCUT2D eigenvalue weighted by Gasteiger charge is -2.25. The average molecular weight is 485 g/mol. The van der Waals surface area contributed by atoms with Crippen molar-refractivity contribution in [3.05, 3.63) is 94.0 Å². The number of rotatable bonds is 8. The maximum absolute atomic E-state index is 13.7. The summed E-state index contributed by atoms with van der Waals surface area (Å²) < 4.78 is 17.9. The molecule has 1 amide bonds. The normalized spacial score (nSPS) is 14.9. The Morgan fingerprint density at radius 3 is 2.56 bits per heavy atom. The number of carbonyl (C=O) groups excluding carboxylic acids is 1. The lowest BCUT2D eigenvalue weighted by atomic mass is 9.98. The number of pyridine rings is 1. The molecule has 3 heterocycles. The number of amides is 1. The molecule has 7 nitrogen and oxygen atoms in total. The summed E-state index contributed by atoms with van der Waals surface area (Å²) in [5.74, 6) is 1.75. The van der Waals surface area contributed by atoms with E-state index in [0.29, 0.717) is 58.5 Å². The first-order valence-corrected chi connectivity index (χ1v) is 12.2. The van der Waals surface area contributed by atoms with Crippen molar-refractivity contribution in [2.45, 2.75) is 33.2 Å². The number of hydrogen-bond acceptors (Lipinski definition) is 6. The highest BCUT2D eigenvalue weighted by molar-refractivity contribution is 6.10. The Labute approximate surface area is 209 Å². The molecule has 0 saturated heterocycles. The van der Waals surface area contributed by atoms with E-state index in [1.165, 1.54) is 4.90 Å². The van der Waals surface area contributed by atoms with Crippen LogP contribution in [0.1, 0.15) is 54.9 Å². The molecule has 184 valence electrons. The molecule has 4 aromatic rings. The third-order valence-electron chi connectivity index (χ3n) is 6.21. The first-order chi connectivity index (χ1) is 17.5. The summed E-state index contributed by atoms with van der Waals surface area (Å²) in [5.41, 5.74) is 1.13. The second-order valence-corrected chi connectivity index (χ2v) is 9.11. The largest absolute Gasteiger partial charge is 0.490 e. The molecule has 1 aliphatic rings. The lowest BCUT2D eigenvalue weighted by Crippen LogP contribution is -2.30. The van der Waals surface area contributed by atoms with Crippen LogP contribution in [0.25, 0.3) is 11.0 Å². The summed E-state index contributed by atoms with van der Waals surface area (Å²) in [7, 11) is 0. The number of para-hydroxylation sites is 1. The fraction of sp³-hybridized carbons (Fsp3) is 0.276. The molecular weight excluding hydrogens is 456 g/mol. The van der Waals surface area contributed by atoms with E-state index in [4.69, 9.17) is 13.9 Å². The summed E-state index contributed by atoms with van der Waals surface area (Å²) in [5, 5.41) is 0.426. The van der Waals surface area contributed by atoms with Crippen molar-refractivity contribution in [1.82, 2.24) is 4.98 Å². The van der Waals surface area contributed by atoms with Crippen molar-refractivity contribution in [2.75, 3.05) is 18.1 Å². The minimum absolute atomic E-state index is 0.0320. The molecule has 5 rings (SSSR count). The van der Waals surface area contributed by atoms with Crippen molar-refractivity contribution in [3.8, 4) is 11.5 Å². The Balaban J connectivity index is 1.67. The van der Waals surface area contributed by atoms with Gasteiger partial charge in [-0.1, -0.05) is 38.1 Å². The summed E-state index contributed by atoms with van der Waals surface area (Å²) in [4.78, 5) is 33.3. The van der Waals surface area contributed by atoms with Gasteiger partial charge in [0.05, 0.1) is 30.2 Å². The Kier molecular flexibility index (Phi) is 6.46. The molecular formula is C29H28N2O5. The minimum atomic E-state index is -0.729. The van der Waals surface area contributed by atoms with E-state index < -0.39 is 11.9 Å². The van der Waals surface area contributed by atoms with Crippen LogP contribution in [0, 0.1) is 5.92 Å². The third-order valence-corrected chi connectivity index (χ3v) is 6.21. The molecule has 0 spiro atoms. The van der Waals surface area contributed by atoms with Crippen LogP contribution in [-0.2, 0) is 0 Å². The number of benzene rings is 2. The van der Waals surface area contributed by atoms with Crippen molar-refractivity contribution < 1.29 is 18.7 Å². The predicted octanol–water partition coefficient (Wildman–Crippen LogP) is 5.76. The number of aromatic nitrogens is 1. The first kappa shape index (κ1) is 23.6. The highest BCUT2D eigenvalue weighted by Crippen LogP contribution is 2.42. The zero-order chi connectivity index (χ0) is 25.2. The number of fused-ring (bicyclic) bond motifs is 2. The molecule has 2 aromatic carbocycles. The van der Waals surface area contributed by atoms with Gasteiger partial charge in [0, 0.05) is 6.20 Å². The van der Waals surface area contributed by atoms with Gasteiger partial charge in [0.2, 0.25) is 5.76 Å². The Morgan fingerprint density at radius 2 is 1.81 bits per heavy atom. The van der Waals surface area contributed by atoms with Gasteiger partial charge < -0.3 is 13.9 Å². The van der Waals surface area contributed by atoms with Gasteiger partial charge in [-0.05, 0) is 61.2 Å². The Hall–Kier alpha value is -4.13. The highest BCUT2D eigenvalue weighted by atomic mass is 16.5. The van der Waals surface area contributed by atoms with Crippen LogP contribution in [0.15, 0.2) is 76.1 Å². The molecule has 0 fully saturated rings. The van der Waals surface area contributed by atoms with E-state index in [0.717, 1.165) is 6.42 Å². The molecule has 0 aliphatic carbocycles. The predicted molar refractivity (Wildman–Crippen MR) is 138 cm³/mol. The lowest BCUT2D eigenvalue weighted by molar-refractivity contribution is 0.0970. The van der Waals surface area contributed by atoms with Crippen LogP contribution in [0.5, 0.6) is 11.5 Å². The average Bonchev–Trinajstić information content (AvgIpc) is 3.18. The molecule has 0 unspecified atom stereocenters. The Bertz CT molecular complexity index is 1460. The summed E-state index contributed by atoms with van der Waals surface area (Å²) in [6, 6.07) is 17.1. The van der Waals surface area contributed by atoms with E-state index >= 15 is 0 Å². The van der Waals surface area contributed by atoms with E-state index in [2.05, 4.69) is 18.8 Å². The van der Waals surface area contributed by atoms with Crippen molar-refractivity contribution in [1.29, 1.82) is 0 Å². The first-order valence-electron chi connectivity index (χ1n) is 12.2. The van der Waals surface area contributed by atoms with Crippen LogP contribution in [0.4, 0.5) is 5.82 Å². The Morgan fingerprint density at radius 1 is 1.00 bits per heavy atom. The molecule has 1 atom stereocenters. The fourth-order valence-corrected chi connectivity index (χ4v) is 4.45. The van der Waals surface area contributed by atoms with Crippen LogP contribution in [0.3, 0.4) is 0 Å². The van der Waals surface area contributed by atoms with Crippen molar-refractivity contribution in [2.24, 2.45) is 5.92 Å². The smallest absolute Gasteiger partial charge is 0.296 e. The number of nitrogens with zero attached hydrogens (tertiary/aromatic N) is 2. The van der Waals surface area contributed by atoms with Crippen LogP contribution >= 0.6 is 0 Å². The number of carbonyl (C=O) groups is 1. The number of hydrogen-bond donors (Lipinski definition) is 0. The molecule has 0 radical (unpaired) electrons. The van der Waals surface area contributed by atoms with Crippen molar-refractivity contribution >= 4 is 22.7 Å². The highest BCUT2D eigenvalue weighted by Gasteiger charge is 2.44. The second kappa shape index (κ2) is 9.85. The van der Waals surface area contributed by atoms with Gasteiger partial charge in [-0.2, -0.15) is 0 Å². The minimum Gasteiger partial charge on any atom is -0.490 e. The van der Waals surface area contributed by atoms with Crippen molar-refractivity contribution in [3.63, 3.8) is 0 Å². The molecule has 7 heteroatoms. The van der Waals surface area contributed by atoms with Gasteiger partial charge in [0.1, 0.15) is 11.4 Å². The maximum atomic E-state index is 13.7. The number of ether oxygens (including phenoxy) is 2.